The lowest BCUT2D eigenvalue weighted by atomic mass is 9.95. The van der Waals surface area contributed by atoms with Gasteiger partial charge in [0, 0.05) is 12.5 Å². The van der Waals surface area contributed by atoms with Crippen molar-refractivity contribution < 1.29 is 4.74 Å². The van der Waals surface area contributed by atoms with Gasteiger partial charge in [-0.15, -0.1) is 0 Å². The maximum atomic E-state index is 11.7. The van der Waals surface area contributed by atoms with Crippen LogP contribution in [0.5, 0.6) is 5.75 Å². The van der Waals surface area contributed by atoms with Gasteiger partial charge in [0.1, 0.15) is 11.6 Å². The van der Waals surface area contributed by atoms with Gasteiger partial charge in [0.25, 0.3) is 5.56 Å². The molecule has 1 aliphatic heterocycles. The molecule has 0 saturated carbocycles. The molecule has 88 valence electrons. The monoisotopic (exact) mass is 231 g/mol. The molecular formula is C12H13N3O2. The summed E-state index contributed by atoms with van der Waals surface area (Å²) in [7, 11) is 1.64. The second-order valence-corrected chi connectivity index (χ2v) is 4.07. The van der Waals surface area contributed by atoms with E-state index < -0.39 is 0 Å². The van der Waals surface area contributed by atoms with Crippen molar-refractivity contribution in [3.63, 3.8) is 0 Å². The van der Waals surface area contributed by atoms with E-state index in [1.54, 1.807) is 7.11 Å². The van der Waals surface area contributed by atoms with Crippen LogP contribution >= 0.6 is 0 Å². The third-order valence-electron chi connectivity index (χ3n) is 3.16. The zero-order chi connectivity index (χ0) is 11.8. The molecule has 5 nitrogen and oxygen atoms in total. The van der Waals surface area contributed by atoms with Crippen molar-refractivity contribution >= 4 is 5.82 Å². The minimum atomic E-state index is -0.0502. The molecule has 0 unspecified atom stereocenters. The van der Waals surface area contributed by atoms with E-state index in [1.165, 1.54) is 0 Å². The van der Waals surface area contributed by atoms with Crippen LogP contribution < -0.4 is 15.6 Å². The number of ether oxygens (including phenoxy) is 1. The van der Waals surface area contributed by atoms with Gasteiger partial charge in [-0.2, -0.15) is 0 Å². The zero-order valence-electron chi connectivity index (χ0n) is 9.41. The number of methoxy groups -OCH3 is 1. The number of benzene rings is 1. The van der Waals surface area contributed by atoms with Crippen molar-refractivity contribution in [1.29, 1.82) is 0 Å². The number of H-pyrrole nitrogens is 2. The second-order valence-electron chi connectivity index (χ2n) is 4.07. The number of hydrogen-bond donors (Lipinski definition) is 3. The minimum absolute atomic E-state index is 0.0502. The van der Waals surface area contributed by atoms with Crippen molar-refractivity contribution in [1.82, 2.24) is 10.2 Å². The number of fused-ring (bicyclic) bond motifs is 1. The van der Waals surface area contributed by atoms with Gasteiger partial charge >= 0.3 is 0 Å². The lowest BCUT2D eigenvalue weighted by molar-refractivity contribution is 0.414. The first-order valence-electron chi connectivity index (χ1n) is 5.48. The van der Waals surface area contributed by atoms with Crippen LogP contribution in [0.1, 0.15) is 17.0 Å². The Labute approximate surface area is 97.8 Å². The fourth-order valence-corrected chi connectivity index (χ4v) is 2.27. The summed E-state index contributed by atoms with van der Waals surface area (Å²) in [4.78, 5) is 11.7. The molecule has 2 heterocycles. The molecule has 2 aromatic rings. The van der Waals surface area contributed by atoms with Crippen LogP contribution in [0.25, 0.3) is 0 Å². The van der Waals surface area contributed by atoms with Crippen molar-refractivity contribution in [3.05, 3.63) is 45.7 Å². The van der Waals surface area contributed by atoms with Crippen LogP contribution in [-0.4, -0.2) is 23.9 Å². The van der Waals surface area contributed by atoms with E-state index in [0.29, 0.717) is 0 Å². The van der Waals surface area contributed by atoms with Gasteiger partial charge in [-0.1, -0.05) is 12.1 Å². The van der Waals surface area contributed by atoms with Gasteiger partial charge < -0.3 is 10.1 Å². The molecule has 0 amide bonds. The minimum Gasteiger partial charge on any atom is -0.497 e. The highest BCUT2D eigenvalue weighted by atomic mass is 16.5. The molecule has 17 heavy (non-hydrogen) atoms. The molecule has 5 heteroatoms. The third kappa shape index (κ3) is 1.51. The van der Waals surface area contributed by atoms with E-state index in [4.69, 9.17) is 4.74 Å². The van der Waals surface area contributed by atoms with Gasteiger partial charge in [0.15, 0.2) is 0 Å². The molecule has 0 saturated heterocycles. The molecule has 0 bridgehead atoms. The summed E-state index contributed by atoms with van der Waals surface area (Å²) in [5.41, 5.74) is 1.85. The fourth-order valence-electron chi connectivity index (χ4n) is 2.27. The summed E-state index contributed by atoms with van der Waals surface area (Å²) in [6, 6.07) is 7.81. The van der Waals surface area contributed by atoms with Crippen molar-refractivity contribution in [2.24, 2.45) is 0 Å². The SMILES string of the molecule is COc1ccc([C@@H]2CNc3[nH][nH]c(=O)c32)cc1. The van der Waals surface area contributed by atoms with E-state index in [0.717, 1.165) is 29.2 Å². The molecule has 0 radical (unpaired) electrons. The predicted octanol–water partition coefficient (Wildman–Crippen LogP) is 1.27. The number of rotatable bonds is 2. The molecule has 1 aliphatic rings. The second kappa shape index (κ2) is 3.69. The topological polar surface area (TPSA) is 69.9 Å². The van der Waals surface area contributed by atoms with Crippen LogP contribution in [0.4, 0.5) is 5.82 Å². The Morgan fingerprint density at radius 1 is 1.24 bits per heavy atom. The van der Waals surface area contributed by atoms with Gasteiger partial charge in [-0.3, -0.25) is 15.0 Å². The summed E-state index contributed by atoms with van der Waals surface area (Å²) in [6.07, 6.45) is 0. The highest BCUT2D eigenvalue weighted by Crippen LogP contribution is 2.32. The van der Waals surface area contributed by atoms with E-state index in [1.807, 2.05) is 24.3 Å². The summed E-state index contributed by atoms with van der Waals surface area (Å²) >= 11 is 0. The lowest BCUT2D eigenvalue weighted by Gasteiger charge is -2.09. The largest absolute Gasteiger partial charge is 0.497 e. The normalized spacial score (nSPS) is 17.6. The van der Waals surface area contributed by atoms with Crippen LogP contribution in [0, 0.1) is 0 Å². The van der Waals surface area contributed by atoms with E-state index in [9.17, 15) is 4.79 Å². The zero-order valence-corrected chi connectivity index (χ0v) is 9.41. The number of hydrogen-bond acceptors (Lipinski definition) is 3. The van der Waals surface area contributed by atoms with Gasteiger partial charge in [0.2, 0.25) is 0 Å². The number of aromatic nitrogens is 2. The van der Waals surface area contributed by atoms with Crippen molar-refractivity contribution in [2.75, 3.05) is 19.0 Å². The maximum absolute atomic E-state index is 11.7. The first-order valence-corrected chi connectivity index (χ1v) is 5.48. The summed E-state index contributed by atoms with van der Waals surface area (Å²) in [6.45, 7) is 0.747. The smallest absolute Gasteiger partial charge is 0.269 e. The van der Waals surface area contributed by atoms with Crippen LogP contribution in [-0.2, 0) is 0 Å². The van der Waals surface area contributed by atoms with Gasteiger partial charge in [0.05, 0.1) is 12.7 Å². The Hall–Kier alpha value is -2.17. The lowest BCUT2D eigenvalue weighted by Crippen LogP contribution is -2.13. The molecule has 3 rings (SSSR count). The quantitative estimate of drug-likeness (QED) is 0.729. The number of aromatic amines is 2. The van der Waals surface area contributed by atoms with Crippen molar-refractivity contribution in [2.45, 2.75) is 5.92 Å². The summed E-state index contributed by atoms with van der Waals surface area (Å²) in [5, 5.41) is 8.61. The Kier molecular flexibility index (Phi) is 2.18. The van der Waals surface area contributed by atoms with Crippen LogP contribution in [0.15, 0.2) is 29.1 Å². The predicted molar refractivity (Wildman–Crippen MR) is 64.7 cm³/mol. The molecule has 1 aromatic heterocycles. The average Bonchev–Trinajstić information content (AvgIpc) is 2.93. The maximum Gasteiger partial charge on any atom is 0.269 e. The first-order chi connectivity index (χ1) is 8.29. The Bertz CT molecular complexity index is 583. The number of nitrogens with one attached hydrogen (secondary N) is 3. The molecule has 0 aliphatic carbocycles. The van der Waals surface area contributed by atoms with E-state index in [2.05, 4.69) is 15.5 Å². The summed E-state index contributed by atoms with van der Waals surface area (Å²) < 4.78 is 5.12. The van der Waals surface area contributed by atoms with Crippen LogP contribution in [0.3, 0.4) is 0 Å². The first kappa shape index (κ1) is 10.0. The Morgan fingerprint density at radius 2 is 2.00 bits per heavy atom. The third-order valence-corrected chi connectivity index (χ3v) is 3.16. The number of anilines is 1. The fraction of sp³-hybridized carbons (Fsp3) is 0.250. The highest BCUT2D eigenvalue weighted by Gasteiger charge is 2.28. The molecule has 1 aromatic carbocycles. The Morgan fingerprint density at radius 3 is 2.71 bits per heavy atom. The van der Waals surface area contributed by atoms with Gasteiger partial charge in [-0.05, 0) is 17.7 Å². The molecule has 0 spiro atoms. The molecule has 3 N–H and O–H groups in total. The standard InChI is InChI=1S/C12H13N3O2/c1-17-8-4-2-7(3-5-8)9-6-13-11-10(9)12(16)15-14-11/h2-5,9H,6H2,1H3,(H3,13,14,15,16)/t9-/m0/s1. The summed E-state index contributed by atoms with van der Waals surface area (Å²) in [5.74, 6) is 1.73. The molecular weight excluding hydrogens is 218 g/mol. The molecule has 1 atom stereocenters. The molecule has 0 fully saturated rings. The van der Waals surface area contributed by atoms with E-state index in [-0.39, 0.29) is 11.5 Å². The Balaban J connectivity index is 2.00. The average molecular weight is 231 g/mol. The van der Waals surface area contributed by atoms with Crippen LogP contribution in [0.2, 0.25) is 0 Å². The highest BCUT2D eigenvalue weighted by molar-refractivity contribution is 5.55. The van der Waals surface area contributed by atoms with Crippen molar-refractivity contribution in [3.8, 4) is 5.75 Å². The van der Waals surface area contributed by atoms with Gasteiger partial charge in [-0.25, -0.2) is 0 Å². The van der Waals surface area contributed by atoms with E-state index >= 15 is 0 Å².